The van der Waals surface area contributed by atoms with Crippen LogP contribution in [0.2, 0.25) is 0 Å². The van der Waals surface area contributed by atoms with Gasteiger partial charge in [-0.15, -0.1) is 5.10 Å². The Kier molecular flexibility index (Phi) is 6.26. The molecule has 0 radical (unpaired) electrons. The van der Waals surface area contributed by atoms with E-state index in [1.165, 1.54) is 23.8 Å². The molecule has 0 unspecified atom stereocenters. The first-order chi connectivity index (χ1) is 18.4. The SMILES string of the molecule is CNC(=O)c1cc(-c2cnc3cc(-c4cnn5c4CCCC5)c(O[C@H]4CCOC4)nn23)c(F)c(C(F)F)c1. The fraction of sp³-hybridized carbons (Fsp3) is 0.385. The maximum absolute atomic E-state index is 15.3. The lowest BCUT2D eigenvalue weighted by atomic mass is 10.0. The number of benzene rings is 1. The zero-order chi connectivity index (χ0) is 26.4. The molecular formula is C26H25F3N6O3. The van der Waals surface area contributed by atoms with Crippen molar-refractivity contribution in [1.82, 2.24) is 29.7 Å². The van der Waals surface area contributed by atoms with Crippen molar-refractivity contribution in [2.24, 2.45) is 0 Å². The third-order valence-electron chi connectivity index (χ3n) is 7.00. The zero-order valence-electron chi connectivity index (χ0n) is 20.6. The number of nitrogens with zero attached hydrogens (tertiary/aromatic N) is 5. The first-order valence-corrected chi connectivity index (χ1v) is 12.5. The Labute approximate surface area is 215 Å². The minimum atomic E-state index is -3.12. The standard InChI is InChI=1S/C26H25F3N6O3/c1-30-25(36)14-8-17(23(27)18(9-14)24(28)29)21-12-31-22-10-16(19-11-32-34-6-3-2-4-20(19)34)26(33-35(21)22)38-15-5-7-37-13-15/h8-12,15,24H,2-7,13H2,1H3,(H,30,36)/t15-/m0/s1. The number of aromatic nitrogens is 5. The van der Waals surface area contributed by atoms with Gasteiger partial charge < -0.3 is 14.8 Å². The molecular weight excluding hydrogens is 501 g/mol. The van der Waals surface area contributed by atoms with Crippen LogP contribution in [0, 0.1) is 5.82 Å². The number of halogens is 3. The Morgan fingerprint density at radius 2 is 2.05 bits per heavy atom. The highest BCUT2D eigenvalue weighted by Crippen LogP contribution is 2.37. The number of aryl methyl sites for hydroxylation is 1. The fourth-order valence-electron chi connectivity index (χ4n) is 5.04. The molecule has 0 spiro atoms. The van der Waals surface area contributed by atoms with E-state index in [9.17, 15) is 13.6 Å². The minimum Gasteiger partial charge on any atom is -0.470 e. The van der Waals surface area contributed by atoms with Crippen molar-refractivity contribution in [3.63, 3.8) is 0 Å². The normalized spacial score (nSPS) is 17.2. The third kappa shape index (κ3) is 4.18. The number of hydrogen-bond donors (Lipinski definition) is 1. The van der Waals surface area contributed by atoms with Gasteiger partial charge in [0.25, 0.3) is 12.3 Å². The Bertz CT molecular complexity index is 1530. The summed E-state index contributed by atoms with van der Waals surface area (Å²) in [5.41, 5.74) is 1.93. The molecule has 9 nitrogen and oxygen atoms in total. The van der Waals surface area contributed by atoms with Crippen LogP contribution in [0.3, 0.4) is 0 Å². The summed E-state index contributed by atoms with van der Waals surface area (Å²) < 4.78 is 57.8. The molecule has 3 aromatic heterocycles. The van der Waals surface area contributed by atoms with Gasteiger partial charge in [-0.3, -0.25) is 9.48 Å². The molecule has 0 bridgehead atoms. The highest BCUT2D eigenvalue weighted by atomic mass is 19.3. The summed E-state index contributed by atoms with van der Waals surface area (Å²) in [4.78, 5) is 16.7. The van der Waals surface area contributed by atoms with Gasteiger partial charge in [-0.1, -0.05) is 0 Å². The largest absolute Gasteiger partial charge is 0.470 e. The van der Waals surface area contributed by atoms with Crippen molar-refractivity contribution >= 4 is 11.6 Å². The van der Waals surface area contributed by atoms with Gasteiger partial charge in [0, 0.05) is 42.4 Å². The van der Waals surface area contributed by atoms with Gasteiger partial charge in [-0.05, 0) is 37.5 Å². The molecule has 0 saturated carbocycles. The fourth-order valence-corrected chi connectivity index (χ4v) is 5.04. The first kappa shape index (κ1) is 24.4. The van der Waals surface area contributed by atoms with E-state index in [4.69, 9.17) is 9.47 Å². The number of nitrogens with one attached hydrogen (secondary N) is 1. The molecule has 1 amide bonds. The summed E-state index contributed by atoms with van der Waals surface area (Å²) in [7, 11) is 1.37. The van der Waals surface area contributed by atoms with E-state index < -0.39 is 23.7 Å². The van der Waals surface area contributed by atoms with Gasteiger partial charge in [0.15, 0.2) is 5.65 Å². The van der Waals surface area contributed by atoms with Crippen molar-refractivity contribution in [2.45, 2.75) is 44.8 Å². The highest BCUT2D eigenvalue weighted by molar-refractivity contribution is 5.95. The molecule has 198 valence electrons. The number of hydrogen-bond acceptors (Lipinski definition) is 6. The number of carbonyl (C=O) groups is 1. The van der Waals surface area contributed by atoms with Crippen LogP contribution < -0.4 is 10.1 Å². The van der Waals surface area contributed by atoms with Crippen LogP contribution in [-0.2, 0) is 17.7 Å². The molecule has 12 heteroatoms. The average Bonchev–Trinajstić information content (AvgIpc) is 3.68. The average molecular weight is 527 g/mol. The monoisotopic (exact) mass is 526 g/mol. The first-order valence-electron chi connectivity index (χ1n) is 12.5. The number of carbonyl (C=O) groups excluding carboxylic acids is 1. The molecule has 5 heterocycles. The molecule has 6 rings (SSSR count). The van der Waals surface area contributed by atoms with Crippen LogP contribution in [0.25, 0.3) is 28.0 Å². The van der Waals surface area contributed by atoms with Crippen molar-refractivity contribution in [3.05, 3.63) is 53.2 Å². The molecule has 0 aliphatic carbocycles. The zero-order valence-corrected chi connectivity index (χ0v) is 20.6. The van der Waals surface area contributed by atoms with Gasteiger partial charge in [-0.2, -0.15) is 5.10 Å². The molecule has 1 atom stereocenters. The predicted molar refractivity (Wildman–Crippen MR) is 131 cm³/mol. The summed E-state index contributed by atoms with van der Waals surface area (Å²) in [5.74, 6) is -1.48. The smallest absolute Gasteiger partial charge is 0.266 e. The van der Waals surface area contributed by atoms with Crippen molar-refractivity contribution in [2.75, 3.05) is 20.3 Å². The van der Waals surface area contributed by atoms with Gasteiger partial charge >= 0.3 is 0 Å². The summed E-state index contributed by atoms with van der Waals surface area (Å²) in [5, 5.41) is 11.6. The number of fused-ring (bicyclic) bond motifs is 2. The van der Waals surface area contributed by atoms with Crippen molar-refractivity contribution < 1.29 is 27.4 Å². The molecule has 1 fully saturated rings. The topological polar surface area (TPSA) is 95.6 Å². The van der Waals surface area contributed by atoms with Crippen LogP contribution in [0.1, 0.15) is 47.3 Å². The molecule has 1 aromatic carbocycles. The summed E-state index contributed by atoms with van der Waals surface area (Å²) in [6.45, 7) is 1.80. The van der Waals surface area contributed by atoms with Gasteiger partial charge in [0.05, 0.1) is 42.4 Å². The van der Waals surface area contributed by atoms with E-state index in [-0.39, 0.29) is 28.8 Å². The molecule has 2 aliphatic heterocycles. The molecule has 4 aromatic rings. The van der Waals surface area contributed by atoms with E-state index in [2.05, 4.69) is 20.5 Å². The van der Waals surface area contributed by atoms with Crippen molar-refractivity contribution in [3.8, 4) is 28.3 Å². The molecule has 1 N–H and O–H groups in total. The Hall–Kier alpha value is -3.93. The molecule has 38 heavy (non-hydrogen) atoms. The number of alkyl halides is 2. The predicted octanol–water partition coefficient (Wildman–Crippen LogP) is 4.20. The second-order valence-electron chi connectivity index (χ2n) is 9.37. The second-order valence-corrected chi connectivity index (χ2v) is 9.37. The maximum Gasteiger partial charge on any atom is 0.266 e. The van der Waals surface area contributed by atoms with Crippen LogP contribution >= 0.6 is 0 Å². The minimum absolute atomic E-state index is 0.100. The van der Waals surface area contributed by atoms with E-state index in [0.717, 1.165) is 43.1 Å². The van der Waals surface area contributed by atoms with Crippen molar-refractivity contribution in [1.29, 1.82) is 0 Å². The number of imidazole rings is 1. The lowest BCUT2D eigenvalue weighted by Crippen LogP contribution is -2.19. The Morgan fingerprint density at radius 1 is 1.18 bits per heavy atom. The Morgan fingerprint density at radius 3 is 2.82 bits per heavy atom. The highest BCUT2D eigenvalue weighted by Gasteiger charge is 2.27. The molecule has 2 aliphatic rings. The number of ether oxygens (including phenoxy) is 2. The van der Waals surface area contributed by atoms with Gasteiger partial charge in [0.2, 0.25) is 5.88 Å². The number of amides is 1. The Balaban J connectivity index is 1.53. The molecule has 1 saturated heterocycles. The second kappa shape index (κ2) is 9.75. The van der Waals surface area contributed by atoms with Crippen LogP contribution in [0.15, 0.2) is 30.6 Å². The third-order valence-corrected chi connectivity index (χ3v) is 7.00. The van der Waals surface area contributed by atoms with Crippen LogP contribution in [-0.4, -0.2) is 56.7 Å². The lowest BCUT2D eigenvalue weighted by Gasteiger charge is -2.18. The van der Waals surface area contributed by atoms with Gasteiger partial charge in [-0.25, -0.2) is 22.7 Å². The van der Waals surface area contributed by atoms with Gasteiger partial charge in [0.1, 0.15) is 11.9 Å². The summed E-state index contributed by atoms with van der Waals surface area (Å²) >= 11 is 0. The van der Waals surface area contributed by atoms with Crippen LogP contribution in [0.5, 0.6) is 5.88 Å². The van der Waals surface area contributed by atoms with E-state index in [0.29, 0.717) is 30.8 Å². The quantitative estimate of drug-likeness (QED) is 0.405. The summed E-state index contributed by atoms with van der Waals surface area (Å²) in [6, 6.07) is 3.86. The summed E-state index contributed by atoms with van der Waals surface area (Å²) in [6.07, 6.45) is 3.44. The lowest BCUT2D eigenvalue weighted by molar-refractivity contribution is 0.0962. The van der Waals surface area contributed by atoms with E-state index in [1.807, 2.05) is 4.68 Å². The van der Waals surface area contributed by atoms with E-state index in [1.54, 1.807) is 12.3 Å². The maximum atomic E-state index is 15.3. The van der Waals surface area contributed by atoms with E-state index >= 15 is 4.39 Å². The van der Waals surface area contributed by atoms with Crippen LogP contribution in [0.4, 0.5) is 13.2 Å². The number of rotatable bonds is 6.